The van der Waals surface area contributed by atoms with Gasteiger partial charge in [0.15, 0.2) is 0 Å². The van der Waals surface area contributed by atoms with Crippen LogP contribution in [0.15, 0.2) is 36.5 Å². The van der Waals surface area contributed by atoms with Gasteiger partial charge in [0.2, 0.25) is 5.91 Å². The lowest BCUT2D eigenvalue weighted by Crippen LogP contribution is -2.38. The Kier molecular flexibility index (Phi) is 7.21. The molecule has 1 aliphatic heterocycles. The number of nitrogens with one attached hydrogen (secondary N) is 1. The molecule has 0 unspecified atom stereocenters. The van der Waals surface area contributed by atoms with Gasteiger partial charge in [0.05, 0.1) is 17.2 Å². The van der Waals surface area contributed by atoms with Crippen LogP contribution in [0.2, 0.25) is 5.02 Å². The van der Waals surface area contributed by atoms with E-state index in [2.05, 4.69) is 48.1 Å². The molecule has 3 rings (SSSR count). The number of anilines is 2. The van der Waals surface area contributed by atoms with Gasteiger partial charge in [0.1, 0.15) is 5.82 Å². The van der Waals surface area contributed by atoms with Gasteiger partial charge in [-0.15, -0.1) is 0 Å². The van der Waals surface area contributed by atoms with Crippen molar-refractivity contribution in [3.05, 3.63) is 52.7 Å². The molecule has 6 nitrogen and oxygen atoms in total. The lowest BCUT2D eigenvalue weighted by atomic mass is 9.87. The number of hydrogen-bond donors (Lipinski definition) is 1. The molecule has 1 fully saturated rings. The Morgan fingerprint density at radius 2 is 1.84 bits per heavy atom. The van der Waals surface area contributed by atoms with E-state index in [0.29, 0.717) is 48.9 Å². The third kappa shape index (κ3) is 5.76. The number of benzene rings is 1. The highest BCUT2D eigenvalue weighted by atomic mass is 35.5. The van der Waals surface area contributed by atoms with Crippen molar-refractivity contribution in [1.82, 2.24) is 4.98 Å². The number of pyridine rings is 1. The van der Waals surface area contributed by atoms with Crippen LogP contribution in [0.4, 0.5) is 11.5 Å². The van der Waals surface area contributed by atoms with Crippen molar-refractivity contribution in [2.45, 2.75) is 46.0 Å². The molecule has 1 amide bonds. The number of ether oxygens (including phenoxy) is 1. The molecule has 0 bridgehead atoms. The smallest absolute Gasteiger partial charge is 0.339 e. The number of carbonyl (C=O) groups is 2. The van der Waals surface area contributed by atoms with E-state index in [1.165, 1.54) is 11.8 Å². The second kappa shape index (κ2) is 9.69. The Hall–Kier alpha value is -2.60. The minimum atomic E-state index is -0.436. The molecule has 1 aliphatic rings. The molecule has 0 atom stereocenters. The zero-order chi connectivity index (χ0) is 22.6. The number of rotatable bonds is 5. The van der Waals surface area contributed by atoms with Gasteiger partial charge in [0.25, 0.3) is 0 Å². The van der Waals surface area contributed by atoms with Crippen molar-refractivity contribution in [3.63, 3.8) is 0 Å². The Bertz CT molecular complexity index is 930. The highest BCUT2D eigenvalue weighted by molar-refractivity contribution is 6.33. The molecule has 0 spiro atoms. The van der Waals surface area contributed by atoms with Gasteiger partial charge in [0, 0.05) is 30.9 Å². The van der Waals surface area contributed by atoms with Gasteiger partial charge in [-0.2, -0.15) is 0 Å². The van der Waals surface area contributed by atoms with Gasteiger partial charge in [-0.1, -0.05) is 44.5 Å². The van der Waals surface area contributed by atoms with E-state index in [-0.39, 0.29) is 17.2 Å². The summed E-state index contributed by atoms with van der Waals surface area (Å²) in [6, 6.07) is 9.63. The van der Waals surface area contributed by atoms with Crippen LogP contribution in [-0.2, 0) is 14.9 Å². The highest BCUT2D eigenvalue weighted by Crippen LogP contribution is 2.29. The summed E-state index contributed by atoms with van der Waals surface area (Å²) in [5.41, 5.74) is 2.47. The largest absolute Gasteiger partial charge is 0.462 e. The van der Waals surface area contributed by atoms with Gasteiger partial charge in [-0.25, -0.2) is 9.78 Å². The molecule has 166 valence electrons. The first-order valence-corrected chi connectivity index (χ1v) is 11.1. The molecule has 1 aromatic heterocycles. The Balaban J connectivity index is 1.56. The van der Waals surface area contributed by atoms with Crippen molar-refractivity contribution in [2.24, 2.45) is 5.92 Å². The Morgan fingerprint density at radius 1 is 1.19 bits per heavy atom. The van der Waals surface area contributed by atoms with Gasteiger partial charge in [-0.05, 0) is 48.9 Å². The zero-order valence-corrected chi connectivity index (χ0v) is 19.3. The first-order valence-electron chi connectivity index (χ1n) is 10.7. The summed E-state index contributed by atoms with van der Waals surface area (Å²) >= 11 is 6.37. The first-order chi connectivity index (χ1) is 14.7. The quantitative estimate of drug-likeness (QED) is 0.653. The van der Waals surface area contributed by atoms with Crippen molar-refractivity contribution >= 4 is 35.0 Å². The normalized spacial score (nSPS) is 14.9. The minimum absolute atomic E-state index is 0.0415. The van der Waals surface area contributed by atoms with E-state index in [0.717, 1.165) is 5.69 Å². The maximum Gasteiger partial charge on any atom is 0.339 e. The molecule has 2 aromatic rings. The van der Waals surface area contributed by atoms with Crippen LogP contribution in [0.25, 0.3) is 0 Å². The first kappa shape index (κ1) is 23.1. The fraction of sp³-hybridized carbons (Fsp3) is 0.458. The summed E-state index contributed by atoms with van der Waals surface area (Å²) < 4.78 is 4.98. The van der Waals surface area contributed by atoms with E-state index in [1.54, 1.807) is 13.0 Å². The van der Waals surface area contributed by atoms with Crippen LogP contribution >= 0.6 is 11.6 Å². The van der Waals surface area contributed by atoms with Crippen LogP contribution in [-0.4, -0.2) is 36.6 Å². The average Bonchev–Trinajstić information content (AvgIpc) is 2.73. The fourth-order valence-electron chi connectivity index (χ4n) is 3.64. The van der Waals surface area contributed by atoms with Crippen molar-refractivity contribution in [3.8, 4) is 0 Å². The summed E-state index contributed by atoms with van der Waals surface area (Å²) in [6.45, 7) is 9.90. The standard InChI is InChI=1S/C24H30ClN3O3/c1-5-31-23(30)17-14-20(25)21(26-15-17)28-12-10-16(11-13-28)22(29)27-19-8-6-18(7-9-19)24(2,3)4/h6-9,14-16H,5,10-13H2,1-4H3,(H,27,29). The highest BCUT2D eigenvalue weighted by Gasteiger charge is 2.27. The van der Waals surface area contributed by atoms with E-state index >= 15 is 0 Å². The number of nitrogens with zero attached hydrogens (tertiary/aromatic N) is 2. The SMILES string of the molecule is CCOC(=O)c1cnc(N2CCC(C(=O)Nc3ccc(C(C)(C)C)cc3)CC2)c(Cl)c1. The van der Waals surface area contributed by atoms with Crippen molar-refractivity contribution in [1.29, 1.82) is 0 Å². The summed E-state index contributed by atoms with van der Waals surface area (Å²) in [7, 11) is 0. The molecular formula is C24H30ClN3O3. The molecule has 0 saturated carbocycles. The maximum absolute atomic E-state index is 12.7. The third-order valence-corrected chi connectivity index (χ3v) is 5.79. The summed E-state index contributed by atoms with van der Waals surface area (Å²) in [5.74, 6) is 0.178. The number of amides is 1. The lowest BCUT2D eigenvalue weighted by Gasteiger charge is -2.32. The number of esters is 1. The minimum Gasteiger partial charge on any atom is -0.462 e. The van der Waals surface area contributed by atoms with Crippen LogP contribution < -0.4 is 10.2 Å². The van der Waals surface area contributed by atoms with Gasteiger partial charge in [-0.3, -0.25) is 4.79 Å². The van der Waals surface area contributed by atoms with Crippen molar-refractivity contribution in [2.75, 3.05) is 29.9 Å². The van der Waals surface area contributed by atoms with E-state index < -0.39 is 5.97 Å². The molecule has 1 N–H and O–H groups in total. The topological polar surface area (TPSA) is 71.5 Å². The molecular weight excluding hydrogens is 414 g/mol. The second-order valence-corrected chi connectivity index (χ2v) is 9.24. The molecule has 1 saturated heterocycles. The Labute approximate surface area is 188 Å². The Morgan fingerprint density at radius 3 is 2.39 bits per heavy atom. The van der Waals surface area contributed by atoms with E-state index in [4.69, 9.17) is 16.3 Å². The van der Waals surface area contributed by atoms with Crippen LogP contribution in [0, 0.1) is 5.92 Å². The molecule has 7 heteroatoms. The number of carbonyl (C=O) groups excluding carboxylic acids is 2. The molecule has 2 heterocycles. The van der Waals surface area contributed by atoms with Crippen LogP contribution in [0.1, 0.15) is 56.5 Å². The van der Waals surface area contributed by atoms with Gasteiger partial charge >= 0.3 is 5.97 Å². The van der Waals surface area contributed by atoms with E-state index in [1.807, 2.05) is 12.1 Å². The zero-order valence-electron chi connectivity index (χ0n) is 18.6. The molecule has 0 radical (unpaired) electrons. The second-order valence-electron chi connectivity index (χ2n) is 8.83. The fourth-order valence-corrected chi connectivity index (χ4v) is 3.93. The summed E-state index contributed by atoms with van der Waals surface area (Å²) in [4.78, 5) is 31.0. The van der Waals surface area contributed by atoms with Gasteiger partial charge < -0.3 is 15.0 Å². The summed E-state index contributed by atoms with van der Waals surface area (Å²) in [5, 5.41) is 3.45. The predicted octanol–water partition coefficient (Wildman–Crippen LogP) is 5.06. The predicted molar refractivity (Wildman–Crippen MR) is 124 cm³/mol. The number of halogens is 1. The third-order valence-electron chi connectivity index (χ3n) is 5.52. The molecule has 0 aliphatic carbocycles. The number of aromatic nitrogens is 1. The maximum atomic E-state index is 12.7. The average molecular weight is 444 g/mol. The van der Waals surface area contributed by atoms with Crippen LogP contribution in [0.3, 0.4) is 0 Å². The lowest BCUT2D eigenvalue weighted by molar-refractivity contribution is -0.120. The van der Waals surface area contributed by atoms with Crippen LogP contribution in [0.5, 0.6) is 0 Å². The molecule has 1 aromatic carbocycles. The number of hydrogen-bond acceptors (Lipinski definition) is 5. The summed E-state index contributed by atoms with van der Waals surface area (Å²) in [6.07, 6.45) is 2.91. The van der Waals surface area contributed by atoms with E-state index in [9.17, 15) is 9.59 Å². The van der Waals surface area contributed by atoms with Crippen molar-refractivity contribution < 1.29 is 14.3 Å². The molecule has 31 heavy (non-hydrogen) atoms. The number of piperidine rings is 1. The monoisotopic (exact) mass is 443 g/mol.